The number of nitriles is 1. The molecular formula is C26H23Cl2N3O2. The topological polar surface area (TPSA) is 82.0 Å². The van der Waals surface area contributed by atoms with Crippen LogP contribution in [0.3, 0.4) is 0 Å². The first kappa shape index (κ1) is 24.3. The summed E-state index contributed by atoms with van der Waals surface area (Å²) in [6.07, 6.45) is 0. The summed E-state index contributed by atoms with van der Waals surface area (Å²) in [7, 11) is 0. The van der Waals surface area contributed by atoms with Gasteiger partial charge in [0.2, 0.25) is 5.91 Å². The Morgan fingerprint density at radius 3 is 2.15 bits per heavy atom. The molecule has 33 heavy (non-hydrogen) atoms. The van der Waals surface area contributed by atoms with Crippen LogP contribution in [0.2, 0.25) is 10.0 Å². The summed E-state index contributed by atoms with van der Waals surface area (Å²) in [6.45, 7) is 5.46. The third-order valence-electron chi connectivity index (χ3n) is 5.17. The normalized spacial score (nSPS) is 11.5. The van der Waals surface area contributed by atoms with E-state index in [9.17, 15) is 14.9 Å². The first-order chi connectivity index (χ1) is 15.7. The Morgan fingerprint density at radius 2 is 1.58 bits per heavy atom. The quantitative estimate of drug-likeness (QED) is 0.407. The smallest absolute Gasteiger partial charge is 0.255 e. The van der Waals surface area contributed by atoms with Crippen LogP contribution in [-0.4, -0.2) is 11.8 Å². The van der Waals surface area contributed by atoms with Crippen LogP contribution in [0.4, 0.5) is 11.4 Å². The van der Waals surface area contributed by atoms with Crippen molar-refractivity contribution in [2.45, 2.75) is 26.7 Å². The van der Waals surface area contributed by atoms with Crippen molar-refractivity contribution in [1.82, 2.24) is 0 Å². The highest BCUT2D eigenvalue weighted by Gasteiger charge is 2.19. The van der Waals surface area contributed by atoms with E-state index >= 15 is 0 Å². The predicted octanol–water partition coefficient (Wildman–Crippen LogP) is 6.80. The number of rotatable bonds is 6. The fourth-order valence-corrected chi connectivity index (χ4v) is 3.62. The van der Waals surface area contributed by atoms with Crippen molar-refractivity contribution < 1.29 is 9.59 Å². The van der Waals surface area contributed by atoms with Gasteiger partial charge in [0.15, 0.2) is 0 Å². The molecule has 3 rings (SSSR count). The number of hydrogen-bond acceptors (Lipinski definition) is 3. The van der Waals surface area contributed by atoms with E-state index < -0.39 is 5.92 Å². The minimum absolute atomic E-state index is 0.0909. The molecule has 0 fully saturated rings. The molecule has 1 unspecified atom stereocenters. The van der Waals surface area contributed by atoms with Gasteiger partial charge in [-0.15, -0.1) is 0 Å². The molecule has 0 aromatic heterocycles. The summed E-state index contributed by atoms with van der Waals surface area (Å²) in [5.74, 6) is -1.10. The highest BCUT2D eigenvalue weighted by atomic mass is 35.5. The molecule has 0 radical (unpaired) electrons. The molecule has 0 aliphatic carbocycles. The van der Waals surface area contributed by atoms with Crippen molar-refractivity contribution in [3.8, 4) is 6.07 Å². The summed E-state index contributed by atoms with van der Waals surface area (Å²) < 4.78 is 0. The van der Waals surface area contributed by atoms with E-state index in [1.807, 2.05) is 26.8 Å². The van der Waals surface area contributed by atoms with Crippen molar-refractivity contribution in [1.29, 1.82) is 5.26 Å². The van der Waals surface area contributed by atoms with E-state index in [0.717, 1.165) is 11.1 Å². The zero-order chi connectivity index (χ0) is 24.1. The SMILES string of the molecule is Cc1cc(C(C#N)c2ccc(Cl)cc2)c(Cl)cc1NC(=O)c1ccc(NC(=O)C(C)C)cc1. The number of hydrogen-bond donors (Lipinski definition) is 2. The molecule has 5 nitrogen and oxygen atoms in total. The lowest BCUT2D eigenvalue weighted by molar-refractivity contribution is -0.118. The van der Waals surface area contributed by atoms with Gasteiger partial charge in [-0.25, -0.2) is 0 Å². The first-order valence-electron chi connectivity index (χ1n) is 10.4. The Hall–Kier alpha value is -3.33. The van der Waals surface area contributed by atoms with Crippen LogP contribution >= 0.6 is 23.2 Å². The second-order valence-corrected chi connectivity index (χ2v) is 8.82. The van der Waals surface area contributed by atoms with E-state index in [0.29, 0.717) is 32.5 Å². The van der Waals surface area contributed by atoms with Crippen molar-refractivity contribution >= 4 is 46.4 Å². The number of anilines is 2. The maximum Gasteiger partial charge on any atom is 0.255 e. The maximum absolute atomic E-state index is 12.7. The van der Waals surface area contributed by atoms with Gasteiger partial charge in [0, 0.05) is 32.9 Å². The van der Waals surface area contributed by atoms with Crippen LogP contribution in [0, 0.1) is 24.2 Å². The first-order valence-corrected chi connectivity index (χ1v) is 11.1. The summed E-state index contributed by atoms with van der Waals surface area (Å²) in [5.41, 5.74) is 3.83. The van der Waals surface area contributed by atoms with Gasteiger partial charge < -0.3 is 10.6 Å². The lowest BCUT2D eigenvalue weighted by Crippen LogP contribution is -2.18. The number of benzene rings is 3. The third-order valence-corrected chi connectivity index (χ3v) is 5.75. The Kier molecular flexibility index (Phi) is 7.75. The minimum Gasteiger partial charge on any atom is -0.326 e. The average molecular weight is 480 g/mol. The third kappa shape index (κ3) is 5.92. The number of halogens is 2. The molecule has 0 aliphatic heterocycles. The van der Waals surface area contributed by atoms with E-state index in [-0.39, 0.29) is 17.7 Å². The Bertz CT molecular complexity index is 1210. The van der Waals surface area contributed by atoms with Gasteiger partial charge in [0.25, 0.3) is 5.91 Å². The fraction of sp³-hybridized carbons (Fsp3) is 0.192. The lowest BCUT2D eigenvalue weighted by Gasteiger charge is -2.16. The maximum atomic E-state index is 12.7. The Labute approximate surface area is 203 Å². The Balaban J connectivity index is 1.78. The van der Waals surface area contributed by atoms with Gasteiger partial charge in [-0.05, 0) is 66.1 Å². The molecule has 0 spiro atoms. The molecule has 2 N–H and O–H groups in total. The second-order valence-electron chi connectivity index (χ2n) is 7.98. The van der Waals surface area contributed by atoms with E-state index in [2.05, 4.69) is 16.7 Å². The lowest BCUT2D eigenvalue weighted by atomic mass is 9.91. The monoisotopic (exact) mass is 479 g/mol. The van der Waals surface area contributed by atoms with Gasteiger partial charge in [0.1, 0.15) is 0 Å². The minimum atomic E-state index is -0.563. The van der Waals surface area contributed by atoms with Gasteiger partial charge in [0.05, 0.1) is 12.0 Å². The standard InChI is InChI=1S/C26H23Cl2N3O2/c1-15(2)25(32)30-20-10-6-18(7-11-20)26(33)31-24-13-23(28)21(12-16(24)3)22(14-29)17-4-8-19(27)9-5-17/h4-13,15,22H,1-3H3,(H,30,32)(H,31,33). The molecule has 7 heteroatoms. The summed E-state index contributed by atoms with van der Waals surface area (Å²) in [6, 6.07) is 19.5. The molecule has 0 heterocycles. The second kappa shape index (κ2) is 10.5. The van der Waals surface area contributed by atoms with Crippen LogP contribution < -0.4 is 10.6 Å². The molecule has 2 amide bonds. The fourth-order valence-electron chi connectivity index (χ4n) is 3.22. The molecular weight excluding hydrogens is 457 g/mol. The number of carbonyl (C=O) groups is 2. The number of amides is 2. The molecule has 0 saturated carbocycles. The van der Waals surface area contributed by atoms with Crippen LogP contribution in [0.1, 0.15) is 46.8 Å². The zero-order valence-electron chi connectivity index (χ0n) is 18.4. The summed E-state index contributed by atoms with van der Waals surface area (Å²) >= 11 is 12.5. The highest BCUT2D eigenvalue weighted by molar-refractivity contribution is 6.32. The molecule has 168 valence electrons. The van der Waals surface area contributed by atoms with Crippen LogP contribution in [0.5, 0.6) is 0 Å². The average Bonchev–Trinajstić information content (AvgIpc) is 2.79. The van der Waals surface area contributed by atoms with Crippen molar-refractivity contribution in [2.75, 3.05) is 10.6 Å². The predicted molar refractivity (Wildman–Crippen MR) is 133 cm³/mol. The molecule has 0 bridgehead atoms. The largest absolute Gasteiger partial charge is 0.326 e. The molecule has 0 saturated heterocycles. The van der Waals surface area contributed by atoms with Crippen LogP contribution in [-0.2, 0) is 4.79 Å². The van der Waals surface area contributed by atoms with E-state index in [1.54, 1.807) is 54.6 Å². The van der Waals surface area contributed by atoms with Crippen molar-refractivity contribution in [3.05, 3.63) is 93.0 Å². The van der Waals surface area contributed by atoms with Crippen molar-refractivity contribution in [2.24, 2.45) is 5.92 Å². The van der Waals surface area contributed by atoms with E-state index in [4.69, 9.17) is 23.2 Å². The number of carbonyl (C=O) groups excluding carboxylic acids is 2. The van der Waals surface area contributed by atoms with Gasteiger partial charge in [-0.2, -0.15) is 5.26 Å². The molecule has 3 aromatic rings. The number of aryl methyl sites for hydroxylation is 1. The highest BCUT2D eigenvalue weighted by Crippen LogP contribution is 2.34. The zero-order valence-corrected chi connectivity index (χ0v) is 20.0. The van der Waals surface area contributed by atoms with Gasteiger partial charge in [-0.3, -0.25) is 9.59 Å². The number of nitrogens with one attached hydrogen (secondary N) is 2. The van der Waals surface area contributed by atoms with E-state index in [1.165, 1.54) is 0 Å². The molecule has 3 aromatic carbocycles. The van der Waals surface area contributed by atoms with Crippen molar-refractivity contribution in [3.63, 3.8) is 0 Å². The number of nitrogens with zero attached hydrogens (tertiary/aromatic N) is 1. The van der Waals surface area contributed by atoms with Crippen LogP contribution in [0.15, 0.2) is 60.7 Å². The van der Waals surface area contributed by atoms with Gasteiger partial charge >= 0.3 is 0 Å². The van der Waals surface area contributed by atoms with Gasteiger partial charge in [-0.1, -0.05) is 55.2 Å². The summed E-state index contributed by atoms with van der Waals surface area (Å²) in [4.78, 5) is 24.6. The van der Waals surface area contributed by atoms with Crippen LogP contribution in [0.25, 0.3) is 0 Å². The molecule has 1 atom stereocenters. The Morgan fingerprint density at radius 1 is 0.939 bits per heavy atom. The summed E-state index contributed by atoms with van der Waals surface area (Å²) in [5, 5.41) is 16.4. The molecule has 0 aliphatic rings.